The number of esters is 1. The number of ether oxygens (including phenoxy) is 1. The molecule has 0 fully saturated rings. The lowest BCUT2D eigenvalue weighted by molar-refractivity contribution is -0.147. The minimum Gasteiger partial charge on any atom is -0.505 e. The van der Waals surface area contributed by atoms with Crippen molar-refractivity contribution in [1.82, 2.24) is 10.3 Å². The highest BCUT2D eigenvalue weighted by Gasteiger charge is 2.46. The van der Waals surface area contributed by atoms with E-state index in [0.717, 1.165) is 11.1 Å². The summed E-state index contributed by atoms with van der Waals surface area (Å²) in [5, 5.41) is 12.5. The molecule has 0 bridgehead atoms. The molecule has 23 heavy (non-hydrogen) atoms. The van der Waals surface area contributed by atoms with E-state index in [1.165, 1.54) is 25.6 Å². The molecule has 1 amide bonds. The summed E-state index contributed by atoms with van der Waals surface area (Å²) >= 11 is 0. The van der Waals surface area contributed by atoms with Crippen molar-refractivity contribution >= 4 is 11.9 Å². The number of benzene rings is 1. The summed E-state index contributed by atoms with van der Waals surface area (Å²) in [6, 6.07) is 9.04. The van der Waals surface area contributed by atoms with Crippen LogP contribution in [0, 0.1) is 0 Å². The molecule has 1 aliphatic carbocycles. The lowest BCUT2D eigenvalue weighted by Gasteiger charge is -2.27. The summed E-state index contributed by atoms with van der Waals surface area (Å²) in [7, 11) is 1.29. The minimum atomic E-state index is -1.16. The minimum absolute atomic E-state index is 0.0687. The summed E-state index contributed by atoms with van der Waals surface area (Å²) in [6.45, 7) is 0. The van der Waals surface area contributed by atoms with Crippen molar-refractivity contribution in [3.05, 3.63) is 59.4 Å². The van der Waals surface area contributed by atoms with Crippen LogP contribution in [0.4, 0.5) is 0 Å². The number of pyridine rings is 1. The number of methoxy groups -OCH3 is 1. The SMILES string of the molecule is COC(=O)C1(NC(=O)c2ccncc2O)Cc2ccccc2C1. The number of aromatic nitrogens is 1. The number of hydrogen-bond acceptors (Lipinski definition) is 5. The van der Waals surface area contributed by atoms with Crippen molar-refractivity contribution in [2.75, 3.05) is 7.11 Å². The van der Waals surface area contributed by atoms with E-state index in [2.05, 4.69) is 10.3 Å². The molecule has 0 saturated heterocycles. The van der Waals surface area contributed by atoms with Crippen LogP contribution >= 0.6 is 0 Å². The number of amides is 1. The van der Waals surface area contributed by atoms with Crippen LogP contribution < -0.4 is 5.32 Å². The first-order chi connectivity index (χ1) is 11.1. The van der Waals surface area contributed by atoms with Gasteiger partial charge in [0.05, 0.1) is 18.9 Å². The fraction of sp³-hybridized carbons (Fsp3) is 0.235. The lowest BCUT2D eigenvalue weighted by Crippen LogP contribution is -2.56. The molecule has 0 spiro atoms. The molecule has 6 heteroatoms. The number of rotatable bonds is 3. The molecular weight excluding hydrogens is 296 g/mol. The van der Waals surface area contributed by atoms with Crippen molar-refractivity contribution in [3.63, 3.8) is 0 Å². The van der Waals surface area contributed by atoms with E-state index in [1.807, 2.05) is 24.3 Å². The Morgan fingerprint density at radius 3 is 2.43 bits per heavy atom. The second-order valence-corrected chi connectivity index (χ2v) is 5.54. The van der Waals surface area contributed by atoms with Gasteiger partial charge >= 0.3 is 5.97 Å². The third-order valence-electron chi connectivity index (χ3n) is 4.08. The fourth-order valence-corrected chi connectivity index (χ4v) is 2.96. The zero-order valence-electron chi connectivity index (χ0n) is 12.6. The van der Waals surface area contributed by atoms with E-state index in [1.54, 1.807) is 0 Å². The van der Waals surface area contributed by atoms with Gasteiger partial charge in [-0.3, -0.25) is 9.78 Å². The van der Waals surface area contributed by atoms with Crippen molar-refractivity contribution in [2.45, 2.75) is 18.4 Å². The highest BCUT2D eigenvalue weighted by molar-refractivity contribution is 6.00. The Kier molecular flexibility index (Phi) is 3.73. The molecular formula is C17H16N2O4. The van der Waals surface area contributed by atoms with Gasteiger partial charge in [0, 0.05) is 19.0 Å². The van der Waals surface area contributed by atoms with Gasteiger partial charge in [0.1, 0.15) is 11.3 Å². The average Bonchev–Trinajstić information content (AvgIpc) is 2.93. The molecule has 0 radical (unpaired) electrons. The van der Waals surface area contributed by atoms with Gasteiger partial charge in [-0.25, -0.2) is 4.79 Å². The van der Waals surface area contributed by atoms with E-state index in [-0.39, 0.29) is 11.3 Å². The highest BCUT2D eigenvalue weighted by Crippen LogP contribution is 2.31. The van der Waals surface area contributed by atoms with Gasteiger partial charge in [-0.15, -0.1) is 0 Å². The van der Waals surface area contributed by atoms with Gasteiger partial charge in [-0.2, -0.15) is 0 Å². The maximum Gasteiger partial charge on any atom is 0.332 e. The van der Waals surface area contributed by atoms with Crippen LogP contribution in [-0.4, -0.2) is 34.6 Å². The largest absolute Gasteiger partial charge is 0.505 e. The van der Waals surface area contributed by atoms with Gasteiger partial charge in [0.15, 0.2) is 0 Å². The van der Waals surface area contributed by atoms with E-state index in [4.69, 9.17) is 4.74 Å². The average molecular weight is 312 g/mol. The third kappa shape index (κ3) is 2.63. The Bertz CT molecular complexity index is 748. The molecule has 0 saturated carbocycles. The number of nitrogens with one attached hydrogen (secondary N) is 1. The standard InChI is InChI=1S/C17H16N2O4/c1-23-16(22)17(8-11-4-2-3-5-12(11)9-17)19-15(21)13-6-7-18-10-14(13)20/h2-7,10,20H,8-9H2,1H3,(H,19,21). The first-order valence-electron chi connectivity index (χ1n) is 7.16. The third-order valence-corrected chi connectivity index (χ3v) is 4.08. The van der Waals surface area contributed by atoms with Gasteiger partial charge < -0.3 is 15.2 Å². The van der Waals surface area contributed by atoms with Crippen LogP contribution in [0.2, 0.25) is 0 Å². The normalized spacial score (nSPS) is 14.8. The Hall–Kier alpha value is -2.89. The van der Waals surface area contributed by atoms with Crippen LogP contribution in [0.1, 0.15) is 21.5 Å². The molecule has 2 N–H and O–H groups in total. The lowest BCUT2D eigenvalue weighted by atomic mass is 9.95. The number of fused-ring (bicyclic) bond motifs is 1. The smallest absolute Gasteiger partial charge is 0.332 e. The Balaban J connectivity index is 1.92. The second-order valence-electron chi connectivity index (χ2n) is 5.54. The van der Waals surface area contributed by atoms with Crippen molar-refractivity contribution in [1.29, 1.82) is 0 Å². The zero-order chi connectivity index (χ0) is 16.4. The summed E-state index contributed by atoms with van der Waals surface area (Å²) in [5.74, 6) is -1.28. The number of aromatic hydroxyl groups is 1. The van der Waals surface area contributed by atoms with E-state index in [0.29, 0.717) is 12.8 Å². The summed E-state index contributed by atoms with van der Waals surface area (Å²) in [5.41, 5.74) is 0.902. The Morgan fingerprint density at radius 2 is 1.87 bits per heavy atom. The molecule has 0 aliphatic heterocycles. The molecule has 1 aliphatic rings. The molecule has 0 unspecified atom stereocenters. The zero-order valence-corrected chi connectivity index (χ0v) is 12.6. The maximum atomic E-state index is 12.5. The van der Waals surface area contributed by atoms with Crippen molar-refractivity contribution in [3.8, 4) is 5.75 Å². The fourth-order valence-electron chi connectivity index (χ4n) is 2.96. The van der Waals surface area contributed by atoms with E-state index < -0.39 is 17.4 Å². The number of hydrogen-bond donors (Lipinski definition) is 2. The maximum absolute atomic E-state index is 12.5. The van der Waals surface area contributed by atoms with Crippen LogP contribution in [0.3, 0.4) is 0 Å². The molecule has 0 atom stereocenters. The van der Waals surface area contributed by atoms with E-state index >= 15 is 0 Å². The number of nitrogens with zero attached hydrogens (tertiary/aromatic N) is 1. The van der Waals surface area contributed by atoms with Gasteiger partial charge in [0.25, 0.3) is 5.91 Å². The van der Waals surface area contributed by atoms with Crippen molar-refractivity contribution < 1.29 is 19.4 Å². The monoisotopic (exact) mass is 312 g/mol. The van der Waals surface area contributed by atoms with Gasteiger partial charge in [-0.1, -0.05) is 24.3 Å². The topological polar surface area (TPSA) is 88.5 Å². The van der Waals surface area contributed by atoms with Crippen LogP contribution in [0.25, 0.3) is 0 Å². The van der Waals surface area contributed by atoms with Crippen LogP contribution in [-0.2, 0) is 22.4 Å². The number of carbonyl (C=O) groups excluding carboxylic acids is 2. The quantitative estimate of drug-likeness (QED) is 0.832. The molecule has 1 aromatic carbocycles. The summed E-state index contributed by atoms with van der Waals surface area (Å²) in [4.78, 5) is 28.6. The van der Waals surface area contributed by atoms with Crippen molar-refractivity contribution in [2.24, 2.45) is 0 Å². The molecule has 1 heterocycles. The summed E-state index contributed by atoms with van der Waals surface area (Å²) in [6.07, 6.45) is 3.30. The molecule has 118 valence electrons. The summed E-state index contributed by atoms with van der Waals surface area (Å²) < 4.78 is 4.91. The van der Waals surface area contributed by atoms with E-state index in [9.17, 15) is 14.7 Å². The molecule has 2 aromatic rings. The van der Waals surface area contributed by atoms with Crippen LogP contribution in [0.5, 0.6) is 5.75 Å². The first kappa shape index (κ1) is 15.0. The van der Waals surface area contributed by atoms with Gasteiger partial charge in [-0.05, 0) is 17.2 Å². The predicted molar refractivity (Wildman–Crippen MR) is 82.0 cm³/mol. The Morgan fingerprint density at radius 1 is 1.22 bits per heavy atom. The Labute approximate surface area is 133 Å². The predicted octanol–water partition coefficient (Wildman–Crippen LogP) is 1.23. The highest BCUT2D eigenvalue weighted by atomic mass is 16.5. The van der Waals surface area contributed by atoms with Gasteiger partial charge in [0.2, 0.25) is 0 Å². The second kappa shape index (κ2) is 5.72. The number of carbonyl (C=O) groups is 2. The van der Waals surface area contributed by atoms with Crippen LogP contribution in [0.15, 0.2) is 42.7 Å². The first-order valence-corrected chi connectivity index (χ1v) is 7.16. The molecule has 6 nitrogen and oxygen atoms in total. The molecule has 3 rings (SSSR count). The molecule has 1 aromatic heterocycles.